The van der Waals surface area contributed by atoms with Crippen LogP contribution in [0.5, 0.6) is 0 Å². The Morgan fingerprint density at radius 1 is 1.19 bits per heavy atom. The number of nitrogens with zero attached hydrogens (tertiary/aromatic N) is 3. The maximum absolute atomic E-state index is 12.9. The summed E-state index contributed by atoms with van der Waals surface area (Å²) in [7, 11) is -3.84. The van der Waals surface area contributed by atoms with E-state index in [4.69, 9.17) is 16.1 Å². The third-order valence-corrected chi connectivity index (χ3v) is 6.08. The first-order valence-corrected chi connectivity index (χ1v) is 10.2. The molecule has 1 atom stereocenters. The van der Waals surface area contributed by atoms with Crippen molar-refractivity contribution in [3.8, 4) is 11.4 Å². The Morgan fingerprint density at radius 2 is 1.96 bits per heavy atom. The second-order valence-electron chi connectivity index (χ2n) is 6.40. The van der Waals surface area contributed by atoms with Crippen LogP contribution >= 0.6 is 11.6 Å². The molecule has 9 heteroatoms. The first kappa shape index (κ1) is 19.5. The highest BCUT2D eigenvalue weighted by Crippen LogP contribution is 2.28. The third kappa shape index (κ3) is 4.18. The molecule has 0 fully saturated rings. The number of hydrogen-bond acceptors (Lipinski definition) is 6. The molecule has 1 aromatic carbocycles. The maximum atomic E-state index is 12.9. The van der Waals surface area contributed by atoms with Crippen molar-refractivity contribution in [3.05, 3.63) is 59.2 Å². The van der Waals surface area contributed by atoms with Crippen LogP contribution in [0.15, 0.2) is 52.1 Å². The summed E-state index contributed by atoms with van der Waals surface area (Å²) in [5, 5.41) is 4.33. The molecule has 0 radical (unpaired) electrons. The van der Waals surface area contributed by atoms with Gasteiger partial charge in [-0.25, -0.2) is 8.42 Å². The molecule has 0 saturated heterocycles. The van der Waals surface area contributed by atoms with Crippen molar-refractivity contribution in [2.75, 3.05) is 0 Å². The fourth-order valence-corrected chi connectivity index (χ4v) is 4.39. The van der Waals surface area contributed by atoms with E-state index in [1.165, 1.54) is 6.07 Å². The number of hydrogen-bond donors (Lipinski definition) is 1. The zero-order valence-corrected chi connectivity index (χ0v) is 16.6. The van der Waals surface area contributed by atoms with Crippen molar-refractivity contribution in [2.24, 2.45) is 5.92 Å². The molecule has 3 rings (SSSR count). The lowest BCUT2D eigenvalue weighted by molar-refractivity contribution is 0.311. The molecular formula is C18H19ClN4O3S. The van der Waals surface area contributed by atoms with E-state index < -0.39 is 16.1 Å². The van der Waals surface area contributed by atoms with Crippen LogP contribution in [0.3, 0.4) is 0 Å². The fraction of sp³-hybridized carbons (Fsp3) is 0.278. The van der Waals surface area contributed by atoms with Gasteiger partial charge in [0, 0.05) is 23.0 Å². The number of aromatic nitrogens is 3. The van der Waals surface area contributed by atoms with Gasteiger partial charge in [0.25, 0.3) is 0 Å². The number of rotatable bonds is 6. The summed E-state index contributed by atoms with van der Waals surface area (Å²) in [5.74, 6) is 0.412. The summed E-state index contributed by atoms with van der Waals surface area (Å²) in [6.45, 7) is 5.40. The van der Waals surface area contributed by atoms with Gasteiger partial charge in [-0.05, 0) is 42.7 Å². The Balaban J connectivity index is 1.93. The number of benzene rings is 1. The van der Waals surface area contributed by atoms with Gasteiger partial charge < -0.3 is 4.52 Å². The van der Waals surface area contributed by atoms with E-state index in [-0.39, 0.29) is 16.7 Å². The van der Waals surface area contributed by atoms with Gasteiger partial charge in [0.15, 0.2) is 0 Å². The standard InChI is InChI=1S/C18H19ClN4O3S/c1-11(2)16(18-21-17(22-26-18)13-6-5-9-20-10-13)23-27(24,25)15-8-4-7-14(19)12(15)3/h4-11,16,23H,1-3H3. The first-order chi connectivity index (χ1) is 12.8. The van der Waals surface area contributed by atoms with E-state index in [0.717, 1.165) is 0 Å². The fourth-order valence-electron chi connectivity index (χ4n) is 2.55. The van der Waals surface area contributed by atoms with Gasteiger partial charge in [0.2, 0.25) is 21.7 Å². The van der Waals surface area contributed by atoms with Gasteiger partial charge in [-0.15, -0.1) is 0 Å². The zero-order chi connectivity index (χ0) is 19.6. The summed E-state index contributed by atoms with van der Waals surface area (Å²) in [6.07, 6.45) is 3.25. The van der Waals surface area contributed by atoms with E-state index in [9.17, 15) is 8.42 Å². The second-order valence-corrected chi connectivity index (χ2v) is 8.49. The summed E-state index contributed by atoms with van der Waals surface area (Å²) in [5.41, 5.74) is 1.17. The molecule has 0 aliphatic heterocycles. The van der Waals surface area contributed by atoms with E-state index in [0.29, 0.717) is 22.0 Å². The molecule has 0 aliphatic rings. The Kier molecular flexibility index (Phi) is 5.59. The molecule has 1 N–H and O–H groups in total. The lowest BCUT2D eigenvalue weighted by atomic mass is 10.1. The minimum atomic E-state index is -3.84. The number of pyridine rings is 1. The Bertz CT molecular complexity index is 1040. The van der Waals surface area contributed by atoms with Gasteiger partial charge in [0.05, 0.1) is 4.90 Å². The van der Waals surface area contributed by atoms with Crippen molar-refractivity contribution in [2.45, 2.75) is 31.7 Å². The lowest BCUT2D eigenvalue weighted by Gasteiger charge is -2.19. The van der Waals surface area contributed by atoms with Crippen molar-refractivity contribution in [1.82, 2.24) is 19.8 Å². The first-order valence-electron chi connectivity index (χ1n) is 8.31. The molecular weight excluding hydrogens is 388 g/mol. The SMILES string of the molecule is Cc1c(Cl)cccc1S(=O)(=O)NC(c1nc(-c2cccnc2)no1)C(C)C. The van der Waals surface area contributed by atoms with Crippen molar-refractivity contribution in [1.29, 1.82) is 0 Å². The average molecular weight is 407 g/mol. The molecule has 3 aromatic rings. The van der Waals surface area contributed by atoms with Gasteiger partial charge >= 0.3 is 0 Å². The van der Waals surface area contributed by atoms with E-state index in [1.807, 2.05) is 13.8 Å². The number of nitrogens with one attached hydrogen (secondary N) is 1. The molecule has 1 unspecified atom stereocenters. The average Bonchev–Trinajstić information content (AvgIpc) is 3.12. The molecule has 0 aliphatic carbocycles. The lowest BCUT2D eigenvalue weighted by Crippen LogP contribution is -2.32. The van der Waals surface area contributed by atoms with Crippen LogP contribution in [-0.4, -0.2) is 23.5 Å². The highest BCUT2D eigenvalue weighted by molar-refractivity contribution is 7.89. The monoisotopic (exact) mass is 406 g/mol. The van der Waals surface area contributed by atoms with Gasteiger partial charge in [-0.2, -0.15) is 9.71 Å². The quantitative estimate of drug-likeness (QED) is 0.669. The Morgan fingerprint density at radius 3 is 2.63 bits per heavy atom. The van der Waals surface area contributed by atoms with Crippen LogP contribution in [0, 0.1) is 12.8 Å². The van der Waals surface area contributed by atoms with E-state index in [1.54, 1.807) is 43.6 Å². The summed E-state index contributed by atoms with van der Waals surface area (Å²) in [4.78, 5) is 8.49. The molecule has 2 heterocycles. The largest absolute Gasteiger partial charge is 0.337 e. The molecule has 0 amide bonds. The Labute approximate surface area is 162 Å². The normalized spacial score (nSPS) is 13.1. The van der Waals surface area contributed by atoms with Gasteiger partial charge in [-0.1, -0.05) is 36.7 Å². The van der Waals surface area contributed by atoms with Crippen LogP contribution in [0.1, 0.15) is 31.3 Å². The smallest absolute Gasteiger partial charge is 0.245 e. The predicted octanol–water partition coefficient (Wildman–Crippen LogP) is 3.77. The summed E-state index contributed by atoms with van der Waals surface area (Å²) in [6, 6.07) is 7.62. The summed E-state index contributed by atoms with van der Waals surface area (Å²) >= 11 is 6.07. The molecule has 0 saturated carbocycles. The minimum Gasteiger partial charge on any atom is -0.337 e. The van der Waals surface area contributed by atoms with Crippen molar-refractivity contribution in [3.63, 3.8) is 0 Å². The molecule has 142 valence electrons. The summed E-state index contributed by atoms with van der Waals surface area (Å²) < 4.78 is 33.8. The molecule has 7 nitrogen and oxygen atoms in total. The molecule has 2 aromatic heterocycles. The topological polar surface area (TPSA) is 98.0 Å². The van der Waals surface area contributed by atoms with E-state index >= 15 is 0 Å². The van der Waals surface area contributed by atoms with Gasteiger partial charge in [-0.3, -0.25) is 4.98 Å². The molecule has 0 bridgehead atoms. The maximum Gasteiger partial charge on any atom is 0.245 e. The highest BCUT2D eigenvalue weighted by atomic mass is 35.5. The number of halogens is 1. The van der Waals surface area contributed by atoms with Gasteiger partial charge in [0.1, 0.15) is 6.04 Å². The zero-order valence-electron chi connectivity index (χ0n) is 15.0. The van der Waals surface area contributed by atoms with Crippen LogP contribution in [0.25, 0.3) is 11.4 Å². The Hall–Kier alpha value is -2.29. The van der Waals surface area contributed by atoms with E-state index in [2.05, 4.69) is 19.8 Å². The number of sulfonamides is 1. The molecule has 0 spiro atoms. The highest BCUT2D eigenvalue weighted by Gasteiger charge is 2.29. The van der Waals surface area contributed by atoms with Crippen molar-refractivity contribution < 1.29 is 12.9 Å². The van der Waals surface area contributed by atoms with Crippen LogP contribution in [0.4, 0.5) is 0 Å². The second kappa shape index (κ2) is 7.75. The van der Waals surface area contributed by atoms with Crippen LogP contribution < -0.4 is 4.72 Å². The third-order valence-electron chi connectivity index (χ3n) is 4.08. The van der Waals surface area contributed by atoms with Crippen LogP contribution in [-0.2, 0) is 10.0 Å². The minimum absolute atomic E-state index is 0.118. The van der Waals surface area contributed by atoms with Crippen molar-refractivity contribution >= 4 is 21.6 Å². The predicted molar refractivity (Wildman–Crippen MR) is 102 cm³/mol. The molecule has 27 heavy (non-hydrogen) atoms. The van der Waals surface area contributed by atoms with Crippen LogP contribution in [0.2, 0.25) is 5.02 Å².